The molecule has 6 heteroatoms. The highest BCUT2D eigenvalue weighted by molar-refractivity contribution is 7.09. The predicted molar refractivity (Wildman–Crippen MR) is 87.2 cm³/mol. The molecule has 3 fully saturated rings. The van der Waals surface area contributed by atoms with E-state index in [0.29, 0.717) is 23.7 Å². The van der Waals surface area contributed by atoms with Crippen molar-refractivity contribution in [1.82, 2.24) is 14.3 Å². The van der Waals surface area contributed by atoms with Gasteiger partial charge in [0, 0.05) is 50.1 Å². The van der Waals surface area contributed by atoms with E-state index in [1.807, 2.05) is 11.9 Å². The number of anilines is 1. The average molecular weight is 320 g/mol. The Balaban J connectivity index is 1.27. The largest absolute Gasteiger partial charge is 0.347 e. The molecule has 0 radical (unpaired) electrons. The number of carbonyl (C=O) groups excluding carboxylic acids is 1. The second-order valence-corrected chi connectivity index (χ2v) is 7.86. The summed E-state index contributed by atoms with van der Waals surface area (Å²) in [7, 11) is 1.97. The average Bonchev–Trinajstić information content (AvgIpc) is 3.46. The highest BCUT2D eigenvalue weighted by atomic mass is 32.1. The van der Waals surface area contributed by atoms with E-state index in [1.165, 1.54) is 12.8 Å². The van der Waals surface area contributed by atoms with Gasteiger partial charge in [0.25, 0.3) is 0 Å². The van der Waals surface area contributed by atoms with Crippen molar-refractivity contribution in [3.05, 3.63) is 5.82 Å². The molecule has 2 heterocycles. The van der Waals surface area contributed by atoms with Gasteiger partial charge in [-0.05, 0) is 44.4 Å². The second-order valence-electron chi connectivity index (χ2n) is 7.13. The molecule has 1 amide bonds. The lowest BCUT2D eigenvalue weighted by molar-refractivity contribution is -0.131. The molecule has 120 valence electrons. The number of amides is 1. The zero-order chi connectivity index (χ0) is 15.1. The van der Waals surface area contributed by atoms with Gasteiger partial charge in [-0.1, -0.05) is 0 Å². The summed E-state index contributed by atoms with van der Waals surface area (Å²) in [6.07, 6.45) is 7.03. The van der Waals surface area contributed by atoms with Crippen LogP contribution in [0, 0.1) is 11.8 Å². The summed E-state index contributed by atoms with van der Waals surface area (Å²) in [5, 5.41) is 1.10. The van der Waals surface area contributed by atoms with Crippen LogP contribution in [0.2, 0.25) is 0 Å². The van der Waals surface area contributed by atoms with Crippen molar-refractivity contribution in [2.75, 3.05) is 31.6 Å². The number of nitrogens with zero attached hydrogens (tertiary/aromatic N) is 4. The van der Waals surface area contributed by atoms with Gasteiger partial charge in [0.2, 0.25) is 11.0 Å². The Hall–Kier alpha value is -1.17. The van der Waals surface area contributed by atoms with Crippen LogP contribution in [0.1, 0.15) is 50.3 Å². The summed E-state index contributed by atoms with van der Waals surface area (Å²) < 4.78 is 4.51. The third-order valence-corrected chi connectivity index (χ3v) is 5.88. The van der Waals surface area contributed by atoms with Crippen molar-refractivity contribution in [3.8, 4) is 0 Å². The van der Waals surface area contributed by atoms with Gasteiger partial charge < -0.3 is 9.80 Å². The Bertz CT molecular complexity index is 544. The quantitative estimate of drug-likeness (QED) is 0.836. The van der Waals surface area contributed by atoms with Crippen LogP contribution in [-0.2, 0) is 4.79 Å². The van der Waals surface area contributed by atoms with E-state index in [0.717, 1.165) is 56.3 Å². The van der Waals surface area contributed by atoms with Crippen molar-refractivity contribution >= 4 is 22.6 Å². The van der Waals surface area contributed by atoms with E-state index in [4.69, 9.17) is 4.98 Å². The molecule has 1 saturated heterocycles. The molecular weight excluding hydrogens is 296 g/mol. The molecule has 0 bridgehead atoms. The highest BCUT2D eigenvalue weighted by Crippen LogP contribution is 2.40. The minimum Gasteiger partial charge on any atom is -0.347 e. The first-order valence-corrected chi connectivity index (χ1v) is 9.31. The maximum Gasteiger partial charge on any atom is 0.225 e. The maximum absolute atomic E-state index is 12.0. The first-order valence-electron chi connectivity index (χ1n) is 8.54. The zero-order valence-corrected chi connectivity index (χ0v) is 14.0. The molecule has 0 N–H and O–H groups in total. The highest BCUT2D eigenvalue weighted by Gasteiger charge is 2.33. The minimum atomic E-state index is 0.340. The fourth-order valence-corrected chi connectivity index (χ4v) is 4.09. The molecule has 4 rings (SSSR count). The number of aromatic nitrogens is 2. The van der Waals surface area contributed by atoms with Gasteiger partial charge in [-0.3, -0.25) is 4.79 Å². The number of carbonyl (C=O) groups is 1. The van der Waals surface area contributed by atoms with Crippen LogP contribution in [0.25, 0.3) is 0 Å². The molecule has 3 aliphatic rings. The van der Waals surface area contributed by atoms with E-state index in [1.54, 1.807) is 11.5 Å². The lowest BCUT2D eigenvalue weighted by Crippen LogP contribution is -2.39. The molecule has 0 aromatic carbocycles. The van der Waals surface area contributed by atoms with Gasteiger partial charge in [-0.25, -0.2) is 4.98 Å². The topological polar surface area (TPSA) is 49.3 Å². The standard InChI is InChI=1S/C16H24N4OS/c1-19(15(21)13-4-5-13)10-11-6-8-20(9-7-11)16-17-14(18-22-16)12-2-3-12/h11-13H,2-10H2,1H3. The first kappa shape index (κ1) is 14.4. The molecule has 1 aromatic heterocycles. The van der Waals surface area contributed by atoms with E-state index in [9.17, 15) is 4.79 Å². The van der Waals surface area contributed by atoms with Crippen LogP contribution in [0.5, 0.6) is 0 Å². The van der Waals surface area contributed by atoms with Crippen molar-refractivity contribution in [3.63, 3.8) is 0 Å². The summed E-state index contributed by atoms with van der Waals surface area (Å²) in [5.41, 5.74) is 0. The normalized spacial score (nSPS) is 22.9. The summed E-state index contributed by atoms with van der Waals surface area (Å²) in [5.74, 6) is 3.05. The molecule has 1 aromatic rings. The monoisotopic (exact) mass is 320 g/mol. The van der Waals surface area contributed by atoms with Crippen molar-refractivity contribution in [2.24, 2.45) is 11.8 Å². The van der Waals surface area contributed by atoms with Crippen LogP contribution in [0.4, 0.5) is 5.13 Å². The van der Waals surface area contributed by atoms with Crippen LogP contribution in [0.15, 0.2) is 0 Å². The summed E-state index contributed by atoms with van der Waals surface area (Å²) in [6, 6.07) is 0. The van der Waals surface area contributed by atoms with Gasteiger partial charge in [-0.15, -0.1) is 0 Å². The van der Waals surface area contributed by atoms with Gasteiger partial charge in [0.15, 0.2) is 0 Å². The third-order valence-electron chi connectivity index (χ3n) is 5.09. The lowest BCUT2D eigenvalue weighted by Gasteiger charge is -2.33. The summed E-state index contributed by atoms with van der Waals surface area (Å²) >= 11 is 1.56. The lowest BCUT2D eigenvalue weighted by atomic mass is 9.96. The Morgan fingerprint density at radius 2 is 1.95 bits per heavy atom. The van der Waals surface area contributed by atoms with Gasteiger partial charge in [-0.2, -0.15) is 4.37 Å². The molecule has 1 aliphatic heterocycles. The van der Waals surface area contributed by atoms with E-state index < -0.39 is 0 Å². The molecule has 22 heavy (non-hydrogen) atoms. The van der Waals surface area contributed by atoms with Crippen LogP contribution in [0.3, 0.4) is 0 Å². The van der Waals surface area contributed by atoms with Gasteiger partial charge in [0.05, 0.1) is 0 Å². The van der Waals surface area contributed by atoms with E-state index >= 15 is 0 Å². The number of hydrogen-bond donors (Lipinski definition) is 0. The smallest absolute Gasteiger partial charge is 0.225 e. The third kappa shape index (κ3) is 3.12. The summed E-state index contributed by atoms with van der Waals surface area (Å²) in [4.78, 5) is 21.1. The van der Waals surface area contributed by atoms with Crippen LogP contribution >= 0.6 is 11.5 Å². The first-order chi connectivity index (χ1) is 10.7. The minimum absolute atomic E-state index is 0.340. The van der Waals surface area contributed by atoms with E-state index in [2.05, 4.69) is 9.27 Å². The fourth-order valence-electron chi connectivity index (χ4n) is 3.29. The molecule has 0 atom stereocenters. The van der Waals surface area contributed by atoms with Crippen molar-refractivity contribution < 1.29 is 4.79 Å². The Labute approximate surface area is 135 Å². The van der Waals surface area contributed by atoms with Crippen LogP contribution in [-0.4, -0.2) is 46.8 Å². The zero-order valence-electron chi connectivity index (χ0n) is 13.2. The molecular formula is C16H24N4OS. The van der Waals surface area contributed by atoms with Crippen molar-refractivity contribution in [1.29, 1.82) is 0 Å². The molecule has 2 saturated carbocycles. The number of hydrogen-bond acceptors (Lipinski definition) is 5. The Morgan fingerprint density at radius 1 is 1.23 bits per heavy atom. The van der Waals surface area contributed by atoms with E-state index in [-0.39, 0.29) is 0 Å². The van der Waals surface area contributed by atoms with Crippen molar-refractivity contribution in [2.45, 2.75) is 44.4 Å². The Morgan fingerprint density at radius 3 is 2.59 bits per heavy atom. The molecule has 0 spiro atoms. The molecule has 5 nitrogen and oxygen atoms in total. The second kappa shape index (κ2) is 5.80. The summed E-state index contributed by atoms with van der Waals surface area (Å²) in [6.45, 7) is 3.03. The molecule has 0 unspecified atom stereocenters. The maximum atomic E-state index is 12.0. The van der Waals surface area contributed by atoms with Gasteiger partial charge >= 0.3 is 0 Å². The predicted octanol–water partition coefficient (Wildman–Crippen LogP) is 2.50. The number of piperidine rings is 1. The molecule has 2 aliphatic carbocycles. The SMILES string of the molecule is CN(CC1CCN(c2nc(C3CC3)ns2)CC1)C(=O)C1CC1. The number of rotatable bonds is 5. The van der Waals surface area contributed by atoms with Crippen LogP contribution < -0.4 is 4.90 Å². The fraction of sp³-hybridized carbons (Fsp3) is 0.812. The Kier molecular flexibility index (Phi) is 3.80. The van der Waals surface area contributed by atoms with Gasteiger partial charge in [0.1, 0.15) is 5.82 Å².